The first-order valence-electron chi connectivity index (χ1n) is 10.4. The molecule has 0 aliphatic heterocycles. The molecule has 0 unspecified atom stereocenters. The van der Waals surface area contributed by atoms with Crippen molar-refractivity contribution in [2.24, 2.45) is 0 Å². The van der Waals surface area contributed by atoms with Crippen molar-refractivity contribution in [3.8, 4) is 0 Å². The number of aromatic amines is 2. The molecule has 10 heteroatoms. The fraction of sp³-hybridized carbons (Fsp3) is 0.125. The third-order valence-electron chi connectivity index (χ3n) is 5.15. The molecule has 9 nitrogen and oxygen atoms in total. The van der Waals surface area contributed by atoms with Gasteiger partial charge in [0.25, 0.3) is 11.1 Å². The first-order valence-corrected chi connectivity index (χ1v) is 11.9. The van der Waals surface area contributed by atoms with Gasteiger partial charge in [0.1, 0.15) is 0 Å². The standard InChI is InChI=1S/C24H22N4O5S/c29-22-13-20(25-24(31)26-22)16-27-17-21(11-12-23(27)30)34(32,33)28(14-18-7-3-1-4-8-18)15-19-9-5-2-6-10-19/h1-13,17H,14-16H2,(H2,25,26,29,31). The summed E-state index contributed by atoms with van der Waals surface area (Å²) in [5.74, 6) is 0. The molecular weight excluding hydrogens is 456 g/mol. The largest absolute Gasteiger partial charge is 0.325 e. The van der Waals surface area contributed by atoms with Crippen molar-refractivity contribution < 1.29 is 8.42 Å². The number of nitrogens with one attached hydrogen (secondary N) is 2. The number of H-pyrrole nitrogens is 2. The molecule has 0 saturated carbocycles. The monoisotopic (exact) mass is 478 g/mol. The third kappa shape index (κ3) is 5.48. The van der Waals surface area contributed by atoms with Crippen molar-refractivity contribution in [2.75, 3.05) is 0 Å². The van der Waals surface area contributed by atoms with Crippen molar-refractivity contribution in [3.05, 3.63) is 133 Å². The van der Waals surface area contributed by atoms with Gasteiger partial charge in [-0.25, -0.2) is 13.2 Å². The average molecular weight is 479 g/mol. The average Bonchev–Trinajstić information content (AvgIpc) is 2.81. The Labute approximate surface area is 195 Å². The van der Waals surface area contributed by atoms with E-state index in [1.807, 2.05) is 60.7 Å². The van der Waals surface area contributed by atoms with Crippen LogP contribution in [0, 0.1) is 0 Å². The maximum Gasteiger partial charge on any atom is 0.325 e. The lowest BCUT2D eigenvalue weighted by Crippen LogP contribution is -2.32. The molecule has 2 aromatic heterocycles. The number of nitrogens with zero attached hydrogens (tertiary/aromatic N) is 2. The van der Waals surface area contributed by atoms with E-state index in [4.69, 9.17) is 0 Å². The smallest absolute Gasteiger partial charge is 0.309 e. The first kappa shape index (κ1) is 23.1. The van der Waals surface area contributed by atoms with Gasteiger partial charge >= 0.3 is 5.69 Å². The predicted octanol–water partition coefficient (Wildman–Crippen LogP) is 1.66. The van der Waals surface area contributed by atoms with Crippen LogP contribution in [0.1, 0.15) is 16.8 Å². The SMILES string of the molecule is O=c1cc(Cn2cc(S(=O)(=O)N(Cc3ccccc3)Cc3ccccc3)ccc2=O)[nH]c(=O)[nH]1. The molecule has 4 aromatic rings. The summed E-state index contributed by atoms with van der Waals surface area (Å²) >= 11 is 0. The van der Waals surface area contributed by atoms with E-state index in [1.54, 1.807) is 0 Å². The van der Waals surface area contributed by atoms with Gasteiger partial charge in [0.15, 0.2) is 0 Å². The third-order valence-corrected chi connectivity index (χ3v) is 6.93. The highest BCUT2D eigenvalue weighted by atomic mass is 32.2. The highest BCUT2D eigenvalue weighted by Crippen LogP contribution is 2.20. The first-order chi connectivity index (χ1) is 16.3. The normalized spacial score (nSPS) is 11.6. The van der Waals surface area contributed by atoms with Gasteiger partial charge in [-0.05, 0) is 17.2 Å². The Bertz CT molecular complexity index is 1490. The van der Waals surface area contributed by atoms with Crippen LogP contribution in [0.4, 0.5) is 0 Å². The molecule has 2 heterocycles. The Hall–Kier alpha value is -4.02. The van der Waals surface area contributed by atoms with E-state index in [-0.39, 0.29) is 30.2 Å². The molecule has 174 valence electrons. The van der Waals surface area contributed by atoms with Gasteiger partial charge in [0, 0.05) is 37.1 Å². The number of aromatic nitrogens is 3. The van der Waals surface area contributed by atoms with Crippen LogP contribution in [0.15, 0.2) is 104 Å². The Kier molecular flexibility index (Phi) is 6.71. The molecule has 0 aliphatic carbocycles. The molecule has 0 fully saturated rings. The van der Waals surface area contributed by atoms with E-state index >= 15 is 0 Å². The molecular formula is C24H22N4O5S. The second kappa shape index (κ2) is 9.86. The summed E-state index contributed by atoms with van der Waals surface area (Å²) in [6.45, 7) is 0.107. The quantitative estimate of drug-likeness (QED) is 0.399. The second-order valence-corrected chi connectivity index (χ2v) is 9.63. The van der Waals surface area contributed by atoms with Crippen molar-refractivity contribution >= 4 is 10.0 Å². The molecule has 0 atom stereocenters. The molecule has 2 N–H and O–H groups in total. The van der Waals surface area contributed by atoms with Gasteiger partial charge < -0.3 is 9.55 Å². The molecule has 0 amide bonds. The minimum absolute atomic E-state index is 0.0776. The van der Waals surface area contributed by atoms with E-state index < -0.39 is 26.8 Å². The van der Waals surface area contributed by atoms with E-state index in [0.29, 0.717) is 0 Å². The maximum absolute atomic E-state index is 13.7. The highest BCUT2D eigenvalue weighted by Gasteiger charge is 2.26. The van der Waals surface area contributed by atoms with E-state index in [2.05, 4.69) is 9.97 Å². The van der Waals surface area contributed by atoms with Gasteiger partial charge in [0.2, 0.25) is 10.0 Å². The molecule has 2 aromatic carbocycles. The molecule has 0 spiro atoms. The molecule has 0 aliphatic rings. The van der Waals surface area contributed by atoms with Crippen molar-refractivity contribution in [1.82, 2.24) is 18.8 Å². The minimum Gasteiger partial charge on any atom is -0.309 e. The van der Waals surface area contributed by atoms with Gasteiger partial charge in [-0.2, -0.15) is 4.31 Å². The zero-order valence-electron chi connectivity index (χ0n) is 18.0. The van der Waals surface area contributed by atoms with Crippen LogP contribution in [0.5, 0.6) is 0 Å². The lowest BCUT2D eigenvalue weighted by molar-refractivity contribution is 0.400. The van der Waals surface area contributed by atoms with Crippen LogP contribution in [0.2, 0.25) is 0 Å². The van der Waals surface area contributed by atoms with Crippen molar-refractivity contribution in [2.45, 2.75) is 24.5 Å². The van der Waals surface area contributed by atoms with Crippen molar-refractivity contribution in [3.63, 3.8) is 0 Å². The Morgan fingerprint density at radius 1 is 0.765 bits per heavy atom. The van der Waals surface area contributed by atoms with Gasteiger partial charge in [-0.3, -0.25) is 14.6 Å². The molecule has 0 saturated heterocycles. The summed E-state index contributed by atoms with van der Waals surface area (Å²) in [6.07, 6.45) is 1.22. The summed E-state index contributed by atoms with van der Waals surface area (Å²) in [5, 5.41) is 0. The van der Waals surface area contributed by atoms with Crippen molar-refractivity contribution in [1.29, 1.82) is 0 Å². The Morgan fingerprint density at radius 3 is 1.91 bits per heavy atom. The Balaban J connectivity index is 1.71. The number of pyridine rings is 1. The summed E-state index contributed by atoms with van der Waals surface area (Å²) in [4.78, 5) is 39.9. The highest BCUT2D eigenvalue weighted by molar-refractivity contribution is 7.89. The zero-order valence-corrected chi connectivity index (χ0v) is 18.9. The van der Waals surface area contributed by atoms with Gasteiger partial charge in [-0.1, -0.05) is 60.7 Å². The van der Waals surface area contributed by atoms with Crippen LogP contribution in [0.25, 0.3) is 0 Å². The maximum atomic E-state index is 13.7. The summed E-state index contributed by atoms with van der Waals surface area (Å²) in [7, 11) is -4.01. The van der Waals surface area contributed by atoms with E-state index in [1.165, 1.54) is 16.6 Å². The number of hydrogen-bond acceptors (Lipinski definition) is 5. The summed E-state index contributed by atoms with van der Waals surface area (Å²) < 4.78 is 29.8. The fourth-order valence-electron chi connectivity index (χ4n) is 3.52. The van der Waals surface area contributed by atoms with Crippen LogP contribution >= 0.6 is 0 Å². The number of sulfonamides is 1. The predicted molar refractivity (Wildman–Crippen MR) is 127 cm³/mol. The fourth-order valence-corrected chi connectivity index (χ4v) is 4.96. The number of benzene rings is 2. The lowest BCUT2D eigenvalue weighted by Gasteiger charge is -2.23. The van der Waals surface area contributed by atoms with Gasteiger partial charge in [0.05, 0.1) is 11.4 Å². The number of rotatable bonds is 8. The van der Waals surface area contributed by atoms with E-state index in [9.17, 15) is 22.8 Å². The van der Waals surface area contributed by atoms with Crippen LogP contribution in [0.3, 0.4) is 0 Å². The molecule has 0 radical (unpaired) electrons. The molecule has 0 bridgehead atoms. The van der Waals surface area contributed by atoms with Crippen LogP contribution < -0.4 is 16.8 Å². The summed E-state index contributed by atoms with van der Waals surface area (Å²) in [5.41, 5.74) is 0.00472. The summed E-state index contributed by atoms with van der Waals surface area (Å²) in [6, 6.07) is 22.0. The van der Waals surface area contributed by atoms with Gasteiger partial charge in [-0.15, -0.1) is 0 Å². The van der Waals surface area contributed by atoms with Crippen LogP contribution in [-0.4, -0.2) is 27.3 Å². The molecule has 34 heavy (non-hydrogen) atoms. The minimum atomic E-state index is -4.01. The second-order valence-electron chi connectivity index (χ2n) is 7.69. The topological polar surface area (TPSA) is 125 Å². The van der Waals surface area contributed by atoms with E-state index in [0.717, 1.165) is 27.8 Å². The lowest BCUT2D eigenvalue weighted by atomic mass is 10.2. The zero-order chi connectivity index (χ0) is 24.1. The Morgan fingerprint density at radius 2 is 1.35 bits per heavy atom. The van der Waals surface area contributed by atoms with Crippen LogP contribution in [-0.2, 0) is 29.7 Å². The molecule has 4 rings (SSSR count). The number of hydrogen-bond donors (Lipinski definition) is 2.